The van der Waals surface area contributed by atoms with E-state index >= 15 is 0 Å². The normalized spacial score (nSPS) is 21.6. The van der Waals surface area contributed by atoms with E-state index < -0.39 is 11.0 Å². The highest BCUT2D eigenvalue weighted by atomic mass is 16.3. The highest BCUT2D eigenvalue weighted by Crippen LogP contribution is 2.30. The molecule has 0 saturated carbocycles. The number of β-amino-alcohol motifs (C(OH)–C–C–N with tert-alkyl or cyclic N) is 1. The van der Waals surface area contributed by atoms with Gasteiger partial charge < -0.3 is 10.0 Å². The maximum Gasteiger partial charge on any atom is 0.224 e. The van der Waals surface area contributed by atoms with E-state index in [0.717, 1.165) is 24.1 Å². The van der Waals surface area contributed by atoms with Gasteiger partial charge in [0.2, 0.25) is 5.91 Å². The molecule has 1 aromatic carbocycles. The molecule has 1 heterocycles. The number of aliphatic hydroxyl groups is 1. The Morgan fingerprint density at radius 2 is 2.08 bits per heavy atom. The Hall–Kier alpha value is -1.90. The van der Waals surface area contributed by atoms with Crippen LogP contribution in [0.3, 0.4) is 0 Å². The molecule has 0 bridgehead atoms. The molecule has 1 aliphatic rings. The maximum absolute atomic E-state index is 12.0. The molecule has 5 nitrogen and oxygen atoms in total. The number of piperidine rings is 1. The first kappa shape index (κ1) is 19.4. The van der Waals surface area contributed by atoms with E-state index in [2.05, 4.69) is 11.0 Å². The molecule has 25 heavy (non-hydrogen) atoms. The van der Waals surface area contributed by atoms with Crippen LogP contribution in [0, 0.1) is 11.3 Å². The first-order valence-electron chi connectivity index (χ1n) is 8.81. The van der Waals surface area contributed by atoms with Gasteiger partial charge in [0.1, 0.15) is 0 Å². The van der Waals surface area contributed by atoms with Crippen molar-refractivity contribution in [3.05, 3.63) is 35.4 Å². The topological polar surface area (TPSA) is 67.6 Å². The van der Waals surface area contributed by atoms with Gasteiger partial charge in [-0.25, -0.2) is 0 Å². The Kier molecular flexibility index (Phi) is 5.87. The second-order valence-corrected chi connectivity index (χ2v) is 7.90. The van der Waals surface area contributed by atoms with E-state index in [1.807, 2.05) is 38.1 Å². The molecule has 1 aromatic rings. The third-order valence-corrected chi connectivity index (χ3v) is 4.98. The molecule has 0 spiro atoms. The molecule has 1 unspecified atom stereocenters. The van der Waals surface area contributed by atoms with Crippen LogP contribution in [-0.2, 0) is 16.8 Å². The molecule has 5 heteroatoms. The minimum absolute atomic E-state index is 0.0460. The van der Waals surface area contributed by atoms with Gasteiger partial charge in [0.25, 0.3) is 0 Å². The molecular weight excluding hydrogens is 314 g/mol. The van der Waals surface area contributed by atoms with Crippen molar-refractivity contribution in [2.24, 2.45) is 0 Å². The molecule has 1 saturated heterocycles. The quantitative estimate of drug-likeness (QED) is 0.891. The third kappa shape index (κ3) is 4.81. The van der Waals surface area contributed by atoms with Crippen molar-refractivity contribution < 1.29 is 9.90 Å². The van der Waals surface area contributed by atoms with E-state index in [4.69, 9.17) is 0 Å². The number of carbonyl (C=O) groups excluding carboxylic acids is 1. The lowest BCUT2D eigenvalue weighted by atomic mass is 9.82. The fraction of sp³-hybridized carbons (Fsp3) is 0.600. The standard InChI is InChI=1S/C20H29N3O2/c1-19(2,14-21)17-9-6-5-8-16(17)13-23-11-7-10-20(25,15-23)12-18(24)22(3)4/h5-6,8-9,25H,7,10-13,15H2,1-4H3. The van der Waals surface area contributed by atoms with Gasteiger partial charge in [0.05, 0.1) is 23.5 Å². The Balaban J connectivity index is 2.14. The summed E-state index contributed by atoms with van der Waals surface area (Å²) in [7, 11) is 3.43. The zero-order valence-electron chi connectivity index (χ0n) is 15.7. The lowest BCUT2D eigenvalue weighted by Gasteiger charge is -2.39. The van der Waals surface area contributed by atoms with Crippen LogP contribution >= 0.6 is 0 Å². The molecule has 2 rings (SSSR count). The minimum atomic E-state index is -0.973. The van der Waals surface area contributed by atoms with Crippen LogP contribution in [0.25, 0.3) is 0 Å². The number of benzene rings is 1. The second kappa shape index (κ2) is 7.55. The van der Waals surface area contributed by atoms with Gasteiger partial charge in [-0.2, -0.15) is 5.26 Å². The van der Waals surface area contributed by atoms with Gasteiger partial charge in [-0.05, 0) is 44.4 Å². The zero-order valence-corrected chi connectivity index (χ0v) is 15.7. The summed E-state index contributed by atoms with van der Waals surface area (Å²) < 4.78 is 0. The molecule has 1 atom stereocenters. The maximum atomic E-state index is 12.0. The van der Waals surface area contributed by atoms with E-state index in [-0.39, 0.29) is 12.3 Å². The van der Waals surface area contributed by atoms with E-state index in [1.54, 1.807) is 14.1 Å². The third-order valence-electron chi connectivity index (χ3n) is 4.98. The van der Waals surface area contributed by atoms with Gasteiger partial charge in [-0.15, -0.1) is 0 Å². The molecule has 1 N–H and O–H groups in total. The average Bonchev–Trinajstić information content (AvgIpc) is 2.54. The Labute approximate surface area is 150 Å². The molecule has 0 aliphatic carbocycles. The van der Waals surface area contributed by atoms with Gasteiger partial charge in [-0.3, -0.25) is 9.69 Å². The van der Waals surface area contributed by atoms with Gasteiger partial charge in [0.15, 0.2) is 0 Å². The largest absolute Gasteiger partial charge is 0.388 e. The van der Waals surface area contributed by atoms with Crippen LogP contribution in [0.1, 0.15) is 44.2 Å². The van der Waals surface area contributed by atoms with Crippen molar-refractivity contribution in [1.29, 1.82) is 5.26 Å². The highest BCUT2D eigenvalue weighted by Gasteiger charge is 2.36. The van der Waals surface area contributed by atoms with Crippen LogP contribution in [0.4, 0.5) is 0 Å². The van der Waals surface area contributed by atoms with Crippen molar-refractivity contribution in [1.82, 2.24) is 9.80 Å². The summed E-state index contributed by atoms with van der Waals surface area (Å²) in [5.41, 5.74) is 0.608. The predicted octanol–water partition coefficient (Wildman–Crippen LogP) is 2.29. The van der Waals surface area contributed by atoms with Crippen LogP contribution in [0.2, 0.25) is 0 Å². The summed E-state index contributed by atoms with van der Waals surface area (Å²) in [6, 6.07) is 10.4. The van der Waals surface area contributed by atoms with E-state index in [1.165, 1.54) is 4.90 Å². The predicted molar refractivity (Wildman–Crippen MR) is 97.9 cm³/mol. The summed E-state index contributed by atoms with van der Waals surface area (Å²) in [6.07, 6.45) is 1.66. The highest BCUT2D eigenvalue weighted by molar-refractivity contribution is 5.76. The summed E-state index contributed by atoms with van der Waals surface area (Å²) in [5.74, 6) is -0.0460. The van der Waals surface area contributed by atoms with Crippen molar-refractivity contribution in [3.8, 4) is 6.07 Å². The number of carbonyl (C=O) groups is 1. The summed E-state index contributed by atoms with van der Waals surface area (Å²) in [6.45, 7) is 5.90. The monoisotopic (exact) mass is 343 g/mol. The van der Waals surface area contributed by atoms with Crippen molar-refractivity contribution in [3.63, 3.8) is 0 Å². The lowest BCUT2D eigenvalue weighted by molar-refractivity contribution is -0.136. The SMILES string of the molecule is CN(C)C(=O)CC1(O)CCCN(Cc2ccccc2C(C)(C)C#N)C1. The number of hydrogen-bond acceptors (Lipinski definition) is 4. The van der Waals surface area contributed by atoms with Crippen molar-refractivity contribution in [2.45, 2.75) is 50.7 Å². The molecule has 136 valence electrons. The lowest BCUT2D eigenvalue weighted by Crippen LogP contribution is -2.50. The van der Waals surface area contributed by atoms with Gasteiger partial charge in [0, 0.05) is 27.2 Å². The van der Waals surface area contributed by atoms with Crippen LogP contribution < -0.4 is 0 Å². The molecule has 1 amide bonds. The molecular formula is C20H29N3O2. The molecule has 1 aliphatic heterocycles. The first-order chi connectivity index (χ1) is 11.7. The summed E-state index contributed by atoms with van der Waals surface area (Å²) in [4.78, 5) is 15.7. The number of nitriles is 1. The Bertz CT molecular complexity index is 663. The number of likely N-dealkylation sites (tertiary alicyclic amines) is 1. The van der Waals surface area contributed by atoms with Gasteiger partial charge >= 0.3 is 0 Å². The molecule has 0 radical (unpaired) electrons. The fourth-order valence-corrected chi connectivity index (χ4v) is 3.49. The first-order valence-corrected chi connectivity index (χ1v) is 8.81. The molecule has 1 fully saturated rings. The number of rotatable bonds is 5. The minimum Gasteiger partial charge on any atom is -0.388 e. The van der Waals surface area contributed by atoms with Crippen LogP contribution in [0.15, 0.2) is 24.3 Å². The summed E-state index contributed by atoms with van der Waals surface area (Å²) in [5, 5.41) is 20.3. The van der Waals surface area contributed by atoms with Crippen LogP contribution in [0.5, 0.6) is 0 Å². The van der Waals surface area contributed by atoms with Crippen LogP contribution in [-0.4, -0.2) is 53.6 Å². The Morgan fingerprint density at radius 1 is 1.40 bits per heavy atom. The number of nitrogens with zero attached hydrogens (tertiary/aromatic N) is 3. The fourth-order valence-electron chi connectivity index (χ4n) is 3.49. The summed E-state index contributed by atoms with van der Waals surface area (Å²) >= 11 is 0. The van der Waals surface area contributed by atoms with Crippen molar-refractivity contribution in [2.75, 3.05) is 27.2 Å². The van der Waals surface area contributed by atoms with E-state index in [0.29, 0.717) is 19.5 Å². The smallest absolute Gasteiger partial charge is 0.224 e. The average molecular weight is 343 g/mol. The Morgan fingerprint density at radius 3 is 2.72 bits per heavy atom. The number of hydrogen-bond donors (Lipinski definition) is 1. The zero-order chi connectivity index (χ0) is 18.7. The number of amides is 1. The molecule has 0 aromatic heterocycles. The van der Waals surface area contributed by atoms with Gasteiger partial charge in [-0.1, -0.05) is 24.3 Å². The van der Waals surface area contributed by atoms with Crippen molar-refractivity contribution >= 4 is 5.91 Å². The van der Waals surface area contributed by atoms with E-state index in [9.17, 15) is 15.2 Å². The second-order valence-electron chi connectivity index (χ2n) is 7.90.